The van der Waals surface area contributed by atoms with E-state index in [4.69, 9.17) is 17.1 Å². The van der Waals surface area contributed by atoms with Crippen LogP contribution in [0.3, 0.4) is 0 Å². The third-order valence-electron chi connectivity index (χ3n) is 0.947. The third kappa shape index (κ3) is 20.1. The van der Waals surface area contributed by atoms with Crippen LogP contribution >= 0.6 is 0 Å². The molecule has 0 atom stereocenters. The van der Waals surface area contributed by atoms with Crippen LogP contribution in [0.4, 0.5) is 0 Å². The fraction of sp³-hybridized carbons (Fsp3) is 1.00. The molecule has 7 heteroatoms. The van der Waals surface area contributed by atoms with Gasteiger partial charge in [0.05, 0.1) is 0 Å². The molecule has 0 amide bonds. The zero-order valence-corrected chi connectivity index (χ0v) is 12.2. The predicted octanol–water partition coefficient (Wildman–Crippen LogP) is -5.81. The predicted molar refractivity (Wildman–Crippen MR) is 44.7 cm³/mol. The summed E-state index contributed by atoms with van der Waals surface area (Å²) < 4.78 is 19.8. The first-order chi connectivity index (χ1) is 5.41. The summed E-state index contributed by atoms with van der Waals surface area (Å²) in [5.41, 5.74) is 0. The van der Waals surface area contributed by atoms with Crippen LogP contribution in [0.15, 0.2) is 0 Å². The number of hydrogen-bond acceptors (Lipinski definition) is 4. The molecular formula is C6H17AlLiNaO4. The molecule has 0 unspecified atom stereocenters. The van der Waals surface area contributed by atoms with E-state index in [1.807, 2.05) is 0 Å². The topological polar surface area (TPSA) is 36.9 Å². The van der Waals surface area contributed by atoms with Crippen molar-refractivity contribution < 1.29 is 69.7 Å². The van der Waals surface area contributed by atoms with E-state index in [0.717, 1.165) is 0 Å². The SMILES string of the molecule is COCC[O][Al+][O]CCOC.[H-].[H-].[H-].[Li+].[Na+]. The van der Waals surface area contributed by atoms with Crippen molar-refractivity contribution in [2.75, 3.05) is 40.6 Å². The number of methoxy groups -OCH3 is 2. The second kappa shape index (κ2) is 19.5. The first kappa shape index (κ1) is 20.4. The van der Waals surface area contributed by atoms with E-state index in [1.54, 1.807) is 14.2 Å². The average molecular weight is 210 g/mol. The quantitative estimate of drug-likeness (QED) is 0.295. The molecule has 0 aromatic heterocycles. The summed E-state index contributed by atoms with van der Waals surface area (Å²) in [7, 11) is 3.29. The smallest absolute Gasteiger partial charge is 1.00 e. The van der Waals surface area contributed by atoms with Gasteiger partial charge in [-0.3, -0.25) is 0 Å². The van der Waals surface area contributed by atoms with Gasteiger partial charge >= 0.3 is 122 Å². The Morgan fingerprint density at radius 1 is 0.923 bits per heavy atom. The molecule has 0 rings (SSSR count). The minimum atomic E-state index is -0.349. The molecule has 0 spiro atoms. The Labute approximate surface area is 125 Å². The Balaban J connectivity index is -0.0000000500. The van der Waals surface area contributed by atoms with Crippen LogP contribution in [0.2, 0.25) is 0 Å². The summed E-state index contributed by atoms with van der Waals surface area (Å²) in [4.78, 5) is 0. The fourth-order valence-corrected chi connectivity index (χ4v) is 0.888. The van der Waals surface area contributed by atoms with Gasteiger partial charge in [0, 0.05) is 0 Å². The minimum Gasteiger partial charge on any atom is -1.00 e. The maximum Gasteiger partial charge on any atom is 1.00 e. The van der Waals surface area contributed by atoms with Gasteiger partial charge in [-0.05, 0) is 0 Å². The van der Waals surface area contributed by atoms with E-state index in [-0.39, 0.29) is 68.6 Å². The van der Waals surface area contributed by atoms with Crippen molar-refractivity contribution in [3.8, 4) is 0 Å². The summed E-state index contributed by atoms with van der Waals surface area (Å²) in [6.07, 6.45) is 0. The number of rotatable bonds is 8. The first-order valence-corrected chi connectivity index (χ1v) is 4.39. The zero-order valence-electron chi connectivity index (χ0n) is 12.0. The molecule has 0 bridgehead atoms. The van der Waals surface area contributed by atoms with E-state index in [0.29, 0.717) is 26.4 Å². The van der Waals surface area contributed by atoms with E-state index < -0.39 is 0 Å². The Hall–Kier alpha value is 1.97. The van der Waals surface area contributed by atoms with Crippen LogP contribution in [0.25, 0.3) is 0 Å². The van der Waals surface area contributed by atoms with E-state index in [2.05, 4.69) is 0 Å². The Morgan fingerprint density at radius 2 is 1.31 bits per heavy atom. The van der Waals surface area contributed by atoms with Gasteiger partial charge in [-0.15, -0.1) is 0 Å². The minimum absolute atomic E-state index is 0. The van der Waals surface area contributed by atoms with Crippen molar-refractivity contribution in [3.63, 3.8) is 0 Å². The Bertz CT molecular complexity index is 84.8. The summed E-state index contributed by atoms with van der Waals surface area (Å²) in [6, 6.07) is 0. The molecule has 4 nitrogen and oxygen atoms in total. The monoisotopic (exact) mass is 210 g/mol. The van der Waals surface area contributed by atoms with Crippen LogP contribution in [0.5, 0.6) is 0 Å². The van der Waals surface area contributed by atoms with Gasteiger partial charge < -0.3 is 4.28 Å². The zero-order chi connectivity index (χ0) is 8.36. The van der Waals surface area contributed by atoms with Gasteiger partial charge in [-0.1, -0.05) is 0 Å². The summed E-state index contributed by atoms with van der Waals surface area (Å²) >= 11 is -0.349. The Kier molecular flexibility index (Phi) is 30.6. The average Bonchev–Trinajstić information content (AvgIpc) is 2.03. The summed E-state index contributed by atoms with van der Waals surface area (Å²) in [5.74, 6) is 0. The van der Waals surface area contributed by atoms with Gasteiger partial charge in [-0.25, -0.2) is 0 Å². The van der Waals surface area contributed by atoms with Crippen LogP contribution < -0.4 is 48.4 Å². The van der Waals surface area contributed by atoms with Crippen molar-refractivity contribution in [1.82, 2.24) is 0 Å². The Morgan fingerprint density at radius 3 is 1.62 bits per heavy atom. The molecule has 0 aromatic rings. The standard InChI is InChI=1S/2C3H7O2.Al.Li.Na.3H/c2*1-5-3-2-4;;;;;;/h2*2-3H2,1H3;;;;;;/q2*-1;+3;2*+1;3*-1. The molecule has 0 radical (unpaired) electrons. The second-order valence-electron chi connectivity index (χ2n) is 1.82. The molecule has 0 aliphatic heterocycles. The molecule has 0 saturated carbocycles. The molecule has 0 saturated heterocycles. The van der Waals surface area contributed by atoms with E-state index in [1.165, 1.54) is 0 Å². The second-order valence-corrected chi connectivity index (χ2v) is 2.68. The van der Waals surface area contributed by atoms with E-state index in [9.17, 15) is 0 Å². The molecule has 0 N–H and O–H groups in total. The van der Waals surface area contributed by atoms with Crippen molar-refractivity contribution in [2.45, 2.75) is 0 Å². The normalized spacial score (nSPS) is 8.15. The van der Waals surface area contributed by atoms with Gasteiger partial charge in [0.1, 0.15) is 0 Å². The maximum absolute atomic E-state index is 5.10. The number of ether oxygens (including phenoxy) is 2. The summed E-state index contributed by atoms with van der Waals surface area (Å²) in [6.45, 7) is 2.47. The molecule has 0 aromatic carbocycles. The fourth-order valence-electron chi connectivity index (χ4n) is 0.407. The molecule has 0 fully saturated rings. The molecule has 0 aliphatic rings. The van der Waals surface area contributed by atoms with Crippen LogP contribution in [-0.4, -0.2) is 56.5 Å². The van der Waals surface area contributed by atoms with Crippen molar-refractivity contribution in [1.29, 1.82) is 0 Å². The van der Waals surface area contributed by atoms with Crippen LogP contribution in [0.1, 0.15) is 4.28 Å². The molecular weight excluding hydrogens is 193 g/mol. The van der Waals surface area contributed by atoms with Gasteiger partial charge in [-0.2, -0.15) is 0 Å². The third-order valence-corrected chi connectivity index (χ3v) is 1.69. The van der Waals surface area contributed by atoms with Crippen LogP contribution in [0, 0.1) is 0 Å². The van der Waals surface area contributed by atoms with Crippen molar-refractivity contribution >= 4 is 15.9 Å². The first-order valence-electron chi connectivity index (χ1n) is 3.44. The molecule has 70 valence electrons. The van der Waals surface area contributed by atoms with E-state index >= 15 is 0 Å². The molecule has 0 heterocycles. The largest absolute Gasteiger partial charge is 1.00 e. The van der Waals surface area contributed by atoms with Crippen molar-refractivity contribution in [2.24, 2.45) is 0 Å². The van der Waals surface area contributed by atoms with Gasteiger partial charge in [0.15, 0.2) is 0 Å². The number of hydrogen-bond donors (Lipinski definition) is 0. The van der Waals surface area contributed by atoms with Gasteiger partial charge in [0.25, 0.3) is 0 Å². The summed E-state index contributed by atoms with van der Waals surface area (Å²) in [5, 5.41) is 0. The molecule has 0 aliphatic carbocycles. The molecule has 13 heavy (non-hydrogen) atoms. The van der Waals surface area contributed by atoms with Gasteiger partial charge in [0.2, 0.25) is 0 Å². The van der Waals surface area contributed by atoms with Crippen molar-refractivity contribution in [3.05, 3.63) is 0 Å². The van der Waals surface area contributed by atoms with Crippen LogP contribution in [-0.2, 0) is 17.1 Å². The maximum atomic E-state index is 5.10.